The van der Waals surface area contributed by atoms with E-state index >= 15 is 0 Å². The normalized spacial score (nSPS) is 11.0. The molecule has 3 nitrogen and oxygen atoms in total. The Hall–Kier alpha value is -2.07. The zero-order chi connectivity index (χ0) is 13.9. The van der Waals surface area contributed by atoms with Gasteiger partial charge in [-0.05, 0) is 30.2 Å². The summed E-state index contributed by atoms with van der Waals surface area (Å²) in [5, 5.41) is 0. The van der Waals surface area contributed by atoms with E-state index in [2.05, 4.69) is 11.3 Å². The lowest BCUT2D eigenvalue weighted by atomic mass is 10.1. The fraction of sp³-hybridized carbons (Fsp3) is 0.0667. The van der Waals surface area contributed by atoms with Gasteiger partial charge in [-0.2, -0.15) is 0 Å². The molecule has 4 heteroatoms. The standard InChI is InChI=1S/C15H15NO2S/c1-12(2)16-19(17,18)15-10-8-14(9-11-15)13-6-4-3-5-7-13/h3-11,16H,1H2,2H3. The quantitative estimate of drug-likeness (QED) is 0.930. The summed E-state index contributed by atoms with van der Waals surface area (Å²) < 4.78 is 26.2. The van der Waals surface area contributed by atoms with Crippen LogP contribution in [0.4, 0.5) is 0 Å². The summed E-state index contributed by atoms with van der Waals surface area (Å²) in [6.07, 6.45) is 0. The summed E-state index contributed by atoms with van der Waals surface area (Å²) in [5.41, 5.74) is 2.43. The van der Waals surface area contributed by atoms with Gasteiger partial charge >= 0.3 is 0 Å². The van der Waals surface area contributed by atoms with Gasteiger partial charge in [-0.25, -0.2) is 8.42 Å². The number of hydrogen-bond donors (Lipinski definition) is 1. The van der Waals surface area contributed by atoms with Gasteiger partial charge in [-0.15, -0.1) is 0 Å². The molecule has 0 heterocycles. The second kappa shape index (κ2) is 5.28. The van der Waals surface area contributed by atoms with Gasteiger partial charge < -0.3 is 0 Å². The highest BCUT2D eigenvalue weighted by Crippen LogP contribution is 2.21. The lowest BCUT2D eigenvalue weighted by Gasteiger charge is -2.08. The van der Waals surface area contributed by atoms with Crippen LogP contribution < -0.4 is 4.72 Å². The van der Waals surface area contributed by atoms with E-state index in [0.717, 1.165) is 11.1 Å². The smallest absolute Gasteiger partial charge is 0.261 e. The van der Waals surface area contributed by atoms with E-state index in [1.165, 1.54) is 0 Å². The summed E-state index contributed by atoms with van der Waals surface area (Å²) >= 11 is 0. The van der Waals surface area contributed by atoms with Crippen molar-refractivity contribution < 1.29 is 8.42 Å². The highest BCUT2D eigenvalue weighted by Gasteiger charge is 2.13. The molecule has 0 spiro atoms. The largest absolute Gasteiger partial charge is 0.284 e. The molecule has 1 N–H and O–H groups in total. The van der Waals surface area contributed by atoms with Crippen molar-refractivity contribution in [3.05, 3.63) is 66.9 Å². The average Bonchev–Trinajstić information content (AvgIpc) is 2.38. The molecule has 0 amide bonds. The molecule has 0 fully saturated rings. The maximum atomic E-state index is 11.9. The van der Waals surface area contributed by atoms with Gasteiger partial charge in [0, 0.05) is 5.70 Å². The molecular weight excluding hydrogens is 258 g/mol. The SMILES string of the molecule is C=C(C)NS(=O)(=O)c1ccc(-c2ccccc2)cc1. The molecule has 2 rings (SSSR count). The average molecular weight is 273 g/mol. The highest BCUT2D eigenvalue weighted by molar-refractivity contribution is 7.89. The van der Waals surface area contributed by atoms with E-state index in [1.54, 1.807) is 31.2 Å². The monoisotopic (exact) mass is 273 g/mol. The van der Waals surface area contributed by atoms with Crippen molar-refractivity contribution in [2.75, 3.05) is 0 Å². The van der Waals surface area contributed by atoms with Crippen LogP contribution in [0.15, 0.2) is 71.8 Å². The lowest BCUT2D eigenvalue weighted by Crippen LogP contribution is -2.21. The van der Waals surface area contributed by atoms with Crippen LogP contribution in [0.25, 0.3) is 11.1 Å². The summed E-state index contributed by atoms with van der Waals surface area (Å²) in [5.74, 6) is 0. The van der Waals surface area contributed by atoms with Gasteiger partial charge in [0.05, 0.1) is 4.90 Å². The number of hydrogen-bond acceptors (Lipinski definition) is 2. The molecule has 0 aromatic heterocycles. The second-order valence-corrected chi connectivity index (χ2v) is 5.96. The van der Waals surface area contributed by atoms with Crippen LogP contribution in [-0.4, -0.2) is 8.42 Å². The summed E-state index contributed by atoms with van der Waals surface area (Å²) in [7, 11) is -3.51. The van der Waals surface area contributed by atoms with Crippen LogP contribution in [0, 0.1) is 0 Å². The molecule has 2 aromatic carbocycles. The zero-order valence-electron chi connectivity index (χ0n) is 10.6. The molecule has 0 saturated carbocycles. The van der Waals surface area contributed by atoms with Crippen molar-refractivity contribution in [1.29, 1.82) is 0 Å². The molecule has 0 saturated heterocycles. The summed E-state index contributed by atoms with van der Waals surface area (Å²) in [6, 6.07) is 16.6. The van der Waals surface area contributed by atoms with Crippen LogP contribution in [-0.2, 0) is 10.0 Å². The van der Waals surface area contributed by atoms with Gasteiger partial charge in [0.25, 0.3) is 10.0 Å². The van der Waals surface area contributed by atoms with E-state index in [4.69, 9.17) is 0 Å². The number of benzene rings is 2. The minimum Gasteiger partial charge on any atom is -0.284 e. The molecule has 0 bridgehead atoms. The van der Waals surface area contributed by atoms with Crippen LogP contribution in [0.1, 0.15) is 6.92 Å². The van der Waals surface area contributed by atoms with Crippen molar-refractivity contribution in [2.45, 2.75) is 11.8 Å². The van der Waals surface area contributed by atoms with Crippen molar-refractivity contribution in [1.82, 2.24) is 4.72 Å². The maximum absolute atomic E-state index is 11.9. The van der Waals surface area contributed by atoms with Gasteiger partial charge in [0.2, 0.25) is 0 Å². The Labute approximate surface area is 113 Å². The Morgan fingerprint density at radius 2 is 1.47 bits per heavy atom. The van der Waals surface area contributed by atoms with Crippen LogP contribution in [0.3, 0.4) is 0 Å². The third kappa shape index (κ3) is 3.23. The Balaban J connectivity index is 2.32. The first-order valence-electron chi connectivity index (χ1n) is 5.83. The van der Waals surface area contributed by atoms with Gasteiger partial charge in [-0.3, -0.25) is 4.72 Å². The number of nitrogens with one attached hydrogen (secondary N) is 1. The predicted molar refractivity (Wildman–Crippen MR) is 77.0 cm³/mol. The molecule has 0 aliphatic carbocycles. The van der Waals surface area contributed by atoms with Crippen molar-refractivity contribution in [2.24, 2.45) is 0 Å². The summed E-state index contributed by atoms with van der Waals surface area (Å²) in [4.78, 5) is 0.232. The van der Waals surface area contributed by atoms with E-state index in [0.29, 0.717) is 5.70 Å². The minimum atomic E-state index is -3.51. The molecule has 2 aromatic rings. The molecule has 19 heavy (non-hydrogen) atoms. The van der Waals surface area contributed by atoms with E-state index in [9.17, 15) is 8.42 Å². The second-order valence-electron chi connectivity index (χ2n) is 4.28. The molecular formula is C15H15NO2S. The molecule has 0 unspecified atom stereocenters. The maximum Gasteiger partial charge on any atom is 0.261 e. The first-order valence-corrected chi connectivity index (χ1v) is 7.31. The lowest BCUT2D eigenvalue weighted by molar-refractivity contribution is 0.589. The van der Waals surface area contributed by atoms with E-state index in [-0.39, 0.29) is 4.90 Å². The Morgan fingerprint density at radius 1 is 0.947 bits per heavy atom. The first kappa shape index (κ1) is 13.4. The fourth-order valence-electron chi connectivity index (χ4n) is 1.75. The highest BCUT2D eigenvalue weighted by atomic mass is 32.2. The van der Waals surface area contributed by atoms with E-state index in [1.807, 2.05) is 30.3 Å². The molecule has 0 atom stereocenters. The fourth-order valence-corrected chi connectivity index (χ4v) is 2.82. The Kier molecular flexibility index (Phi) is 3.71. The van der Waals surface area contributed by atoms with E-state index < -0.39 is 10.0 Å². The van der Waals surface area contributed by atoms with Crippen molar-refractivity contribution >= 4 is 10.0 Å². The van der Waals surface area contributed by atoms with Crippen LogP contribution in [0.2, 0.25) is 0 Å². The minimum absolute atomic E-state index is 0.232. The van der Waals surface area contributed by atoms with Gasteiger partial charge in [-0.1, -0.05) is 49.0 Å². The van der Waals surface area contributed by atoms with Crippen LogP contribution >= 0.6 is 0 Å². The van der Waals surface area contributed by atoms with Gasteiger partial charge in [0.15, 0.2) is 0 Å². The Bertz CT molecular complexity index is 674. The molecule has 0 aliphatic rings. The number of allylic oxidation sites excluding steroid dienone is 1. The zero-order valence-corrected chi connectivity index (χ0v) is 11.4. The number of rotatable bonds is 4. The van der Waals surface area contributed by atoms with Gasteiger partial charge in [0.1, 0.15) is 0 Å². The molecule has 0 aliphatic heterocycles. The van der Waals surface area contributed by atoms with Crippen molar-refractivity contribution in [3.63, 3.8) is 0 Å². The Morgan fingerprint density at radius 3 is 2.00 bits per heavy atom. The van der Waals surface area contributed by atoms with Crippen molar-refractivity contribution in [3.8, 4) is 11.1 Å². The molecule has 0 radical (unpaired) electrons. The number of sulfonamides is 1. The predicted octanol–water partition coefficient (Wildman–Crippen LogP) is 3.17. The van der Waals surface area contributed by atoms with Crippen LogP contribution in [0.5, 0.6) is 0 Å². The third-order valence-electron chi connectivity index (χ3n) is 2.58. The first-order chi connectivity index (χ1) is 8.99. The summed E-state index contributed by atoms with van der Waals surface area (Å²) in [6.45, 7) is 5.15. The topological polar surface area (TPSA) is 46.2 Å². The molecule has 98 valence electrons. The third-order valence-corrected chi connectivity index (χ3v) is 4.09.